The Morgan fingerprint density at radius 3 is 2.77 bits per heavy atom. The van der Waals surface area contributed by atoms with Crippen LogP contribution in [0, 0.1) is 5.92 Å². The number of rotatable bonds is 12. The van der Waals surface area contributed by atoms with Gasteiger partial charge < -0.3 is 30.2 Å². The molecule has 4 N–H and O–H groups in total. The molecule has 0 aliphatic carbocycles. The minimum absolute atomic E-state index is 0.0366. The van der Waals surface area contributed by atoms with E-state index < -0.39 is 17.4 Å². The molecule has 2 aromatic carbocycles. The van der Waals surface area contributed by atoms with E-state index in [1.807, 2.05) is 30.5 Å². The number of amides is 2. The summed E-state index contributed by atoms with van der Waals surface area (Å²) in [6, 6.07) is 12.9. The number of esters is 1. The third-order valence-corrected chi connectivity index (χ3v) is 7.20. The molecule has 9 heteroatoms. The van der Waals surface area contributed by atoms with Crippen molar-refractivity contribution in [2.75, 3.05) is 30.5 Å². The van der Waals surface area contributed by atoms with E-state index in [1.54, 1.807) is 42.2 Å². The van der Waals surface area contributed by atoms with Gasteiger partial charge in [-0.3, -0.25) is 14.4 Å². The summed E-state index contributed by atoms with van der Waals surface area (Å²) in [6.45, 7) is 2.04. The van der Waals surface area contributed by atoms with E-state index in [2.05, 4.69) is 15.0 Å². The summed E-state index contributed by atoms with van der Waals surface area (Å²) in [5.74, 6) is -1.58. The number of aliphatic hydroxyl groups excluding tert-OH is 1. The number of carbonyl (C=O) groups excluding carboxylic acids is 3. The number of aromatic nitrogens is 1. The number of benzene rings is 2. The fourth-order valence-electron chi connectivity index (χ4n) is 5.06. The maximum absolute atomic E-state index is 13.6. The normalized spacial score (nSPS) is 17.5. The van der Waals surface area contributed by atoms with Crippen LogP contribution in [0.5, 0.6) is 0 Å². The van der Waals surface area contributed by atoms with E-state index in [-0.39, 0.29) is 31.3 Å². The molecule has 0 saturated carbocycles. The highest BCUT2D eigenvalue weighted by atomic mass is 16.5. The molecule has 39 heavy (non-hydrogen) atoms. The van der Waals surface area contributed by atoms with Gasteiger partial charge in [-0.2, -0.15) is 0 Å². The van der Waals surface area contributed by atoms with Crippen LogP contribution in [0.2, 0.25) is 0 Å². The van der Waals surface area contributed by atoms with E-state index in [0.717, 1.165) is 16.5 Å². The van der Waals surface area contributed by atoms with Gasteiger partial charge in [0.15, 0.2) is 5.60 Å². The SMILES string of the molecule is COC(=O)CCCCN1C(=O)[C@@](O)([C@@H](C)/C=C/CCO)c2cc(NC(=O)Cc3c[nH]c4ccccc34)ccc21. The van der Waals surface area contributed by atoms with Crippen molar-refractivity contribution in [3.05, 3.63) is 71.9 Å². The van der Waals surface area contributed by atoms with Crippen LogP contribution < -0.4 is 10.2 Å². The highest BCUT2D eigenvalue weighted by Gasteiger charge is 2.52. The second-order valence-corrected chi connectivity index (χ2v) is 9.80. The summed E-state index contributed by atoms with van der Waals surface area (Å²) < 4.78 is 4.69. The predicted molar refractivity (Wildman–Crippen MR) is 149 cm³/mol. The Kier molecular flexibility index (Phi) is 8.83. The number of H-pyrrole nitrogens is 1. The first-order valence-electron chi connectivity index (χ1n) is 13.2. The smallest absolute Gasteiger partial charge is 0.305 e. The van der Waals surface area contributed by atoms with Gasteiger partial charge >= 0.3 is 5.97 Å². The number of methoxy groups -OCH3 is 1. The van der Waals surface area contributed by atoms with Gasteiger partial charge in [0.05, 0.1) is 19.2 Å². The Morgan fingerprint density at radius 2 is 2.00 bits per heavy atom. The molecule has 0 spiro atoms. The van der Waals surface area contributed by atoms with Crippen LogP contribution in [0.3, 0.4) is 0 Å². The molecule has 0 saturated heterocycles. The Balaban J connectivity index is 1.57. The Hall–Kier alpha value is -3.95. The second kappa shape index (κ2) is 12.3. The number of unbranched alkanes of at least 4 members (excludes halogenated alkanes) is 1. The molecule has 206 valence electrons. The van der Waals surface area contributed by atoms with Crippen molar-refractivity contribution < 1.29 is 29.3 Å². The highest BCUT2D eigenvalue weighted by Crippen LogP contribution is 2.46. The van der Waals surface area contributed by atoms with E-state index in [9.17, 15) is 19.5 Å². The number of ether oxygens (including phenoxy) is 1. The number of hydrogen-bond donors (Lipinski definition) is 4. The summed E-state index contributed by atoms with van der Waals surface area (Å²) in [7, 11) is 1.34. The van der Waals surface area contributed by atoms with Gasteiger partial charge in [-0.1, -0.05) is 37.3 Å². The number of nitrogens with zero attached hydrogens (tertiary/aromatic N) is 1. The van der Waals surface area contributed by atoms with Gasteiger partial charge in [0, 0.05) is 53.8 Å². The summed E-state index contributed by atoms with van der Waals surface area (Å²) in [4.78, 5) is 42.7. The van der Waals surface area contributed by atoms with Gasteiger partial charge in [0.2, 0.25) is 5.91 Å². The average Bonchev–Trinajstić information content (AvgIpc) is 3.43. The average molecular weight is 534 g/mol. The van der Waals surface area contributed by atoms with E-state index >= 15 is 0 Å². The summed E-state index contributed by atoms with van der Waals surface area (Å²) in [5, 5.41) is 24.9. The predicted octanol–water partition coefficient (Wildman–Crippen LogP) is 3.80. The summed E-state index contributed by atoms with van der Waals surface area (Å²) >= 11 is 0. The van der Waals surface area contributed by atoms with Gasteiger partial charge in [0.1, 0.15) is 0 Å². The van der Waals surface area contributed by atoms with Crippen molar-refractivity contribution in [2.24, 2.45) is 5.92 Å². The lowest BCUT2D eigenvalue weighted by atomic mass is 9.82. The monoisotopic (exact) mass is 533 g/mol. The fourth-order valence-corrected chi connectivity index (χ4v) is 5.06. The van der Waals surface area contributed by atoms with E-state index in [0.29, 0.717) is 42.7 Å². The van der Waals surface area contributed by atoms with Crippen molar-refractivity contribution in [1.82, 2.24) is 4.98 Å². The number of aromatic amines is 1. The largest absolute Gasteiger partial charge is 0.469 e. The molecule has 2 atom stereocenters. The van der Waals surface area contributed by atoms with Crippen LogP contribution in [-0.2, 0) is 31.1 Å². The number of para-hydroxylation sites is 1. The maximum atomic E-state index is 13.6. The van der Waals surface area contributed by atoms with Crippen molar-refractivity contribution in [3.8, 4) is 0 Å². The number of fused-ring (bicyclic) bond motifs is 2. The highest BCUT2D eigenvalue weighted by molar-refractivity contribution is 6.08. The fraction of sp³-hybridized carbons (Fsp3) is 0.367. The second-order valence-electron chi connectivity index (χ2n) is 9.80. The molecule has 9 nitrogen and oxygen atoms in total. The molecule has 0 unspecified atom stereocenters. The number of carbonyl (C=O) groups is 3. The van der Waals surface area contributed by atoms with Gasteiger partial charge in [0.25, 0.3) is 5.91 Å². The molecule has 0 fully saturated rings. The molecule has 2 amide bonds. The van der Waals surface area contributed by atoms with Crippen molar-refractivity contribution in [3.63, 3.8) is 0 Å². The zero-order valence-electron chi connectivity index (χ0n) is 22.3. The van der Waals surface area contributed by atoms with Crippen molar-refractivity contribution >= 4 is 40.1 Å². The lowest BCUT2D eigenvalue weighted by Gasteiger charge is -2.28. The third-order valence-electron chi connectivity index (χ3n) is 7.20. The minimum Gasteiger partial charge on any atom is -0.469 e. The van der Waals surface area contributed by atoms with E-state index in [4.69, 9.17) is 5.11 Å². The molecule has 2 heterocycles. The molecule has 3 aromatic rings. The topological polar surface area (TPSA) is 132 Å². The molecule has 0 bridgehead atoms. The van der Waals surface area contributed by atoms with Crippen LogP contribution in [0.25, 0.3) is 10.9 Å². The first-order chi connectivity index (χ1) is 18.8. The molecule has 0 radical (unpaired) electrons. The zero-order valence-corrected chi connectivity index (χ0v) is 22.3. The molecule has 1 aromatic heterocycles. The molecular weight excluding hydrogens is 498 g/mol. The Morgan fingerprint density at radius 1 is 1.21 bits per heavy atom. The van der Waals surface area contributed by atoms with Crippen LogP contribution >= 0.6 is 0 Å². The number of aliphatic hydroxyl groups is 2. The first-order valence-corrected chi connectivity index (χ1v) is 13.2. The summed E-state index contributed by atoms with van der Waals surface area (Å²) in [5.41, 5.74) is 1.43. The first kappa shape index (κ1) is 28.1. The Labute approximate surface area is 227 Å². The lowest BCUT2D eigenvalue weighted by molar-refractivity contribution is -0.140. The third kappa shape index (κ3) is 5.89. The van der Waals surface area contributed by atoms with Crippen molar-refractivity contribution in [1.29, 1.82) is 0 Å². The molecule has 1 aliphatic heterocycles. The minimum atomic E-state index is -1.85. The van der Waals surface area contributed by atoms with Gasteiger partial charge in [-0.25, -0.2) is 0 Å². The quantitative estimate of drug-likeness (QED) is 0.159. The molecule has 1 aliphatic rings. The molecular formula is C30H35N3O6. The van der Waals surface area contributed by atoms with E-state index in [1.165, 1.54) is 7.11 Å². The van der Waals surface area contributed by atoms with Crippen LogP contribution in [0.4, 0.5) is 11.4 Å². The van der Waals surface area contributed by atoms with Crippen molar-refractivity contribution in [2.45, 2.75) is 44.6 Å². The number of hydrogen-bond acceptors (Lipinski definition) is 6. The van der Waals surface area contributed by atoms with Crippen LogP contribution in [0.15, 0.2) is 60.8 Å². The van der Waals surface area contributed by atoms with Gasteiger partial charge in [-0.05, 0) is 49.1 Å². The number of anilines is 2. The Bertz CT molecular complexity index is 1380. The molecule has 4 rings (SSSR count). The van der Waals surface area contributed by atoms with Crippen LogP contribution in [0.1, 0.15) is 43.7 Å². The summed E-state index contributed by atoms with van der Waals surface area (Å²) in [6.07, 6.45) is 7.19. The van der Waals surface area contributed by atoms with Gasteiger partial charge in [-0.15, -0.1) is 0 Å². The number of nitrogens with one attached hydrogen (secondary N) is 2. The lowest BCUT2D eigenvalue weighted by Crippen LogP contribution is -2.44. The standard InChI is InChI=1S/C30H35N3O6/c1-20(9-6-8-16-34)30(38)24-18-22(32-27(35)17-21-19-31-25-11-4-3-10-23(21)25)13-14-26(24)33(29(30)37)15-7-5-12-28(36)39-2/h3-4,6,9-11,13-14,18-20,31,34,38H,5,7-8,12,15-17H2,1-2H3,(H,32,35)/b9-6+/t20-,30+/m0/s1. The zero-order chi connectivity index (χ0) is 28.0. The maximum Gasteiger partial charge on any atom is 0.305 e. The van der Waals surface area contributed by atoms with Crippen LogP contribution in [-0.4, -0.2) is 53.2 Å².